The molecule has 1 aliphatic rings. The number of ether oxygens (including phenoxy) is 1. The Morgan fingerprint density at radius 1 is 1.03 bits per heavy atom. The molecular formula is C26H25N5O2S. The van der Waals surface area contributed by atoms with E-state index in [1.54, 1.807) is 7.11 Å². The molecule has 0 saturated heterocycles. The second-order valence-electron chi connectivity index (χ2n) is 8.13. The van der Waals surface area contributed by atoms with Crippen molar-refractivity contribution in [2.45, 2.75) is 29.9 Å². The number of rotatable bonds is 6. The lowest BCUT2D eigenvalue weighted by Crippen LogP contribution is -2.43. The van der Waals surface area contributed by atoms with Gasteiger partial charge in [-0.25, -0.2) is 4.68 Å². The first-order valence-corrected chi connectivity index (χ1v) is 11.9. The van der Waals surface area contributed by atoms with E-state index in [1.807, 2.05) is 90.5 Å². The van der Waals surface area contributed by atoms with Crippen LogP contribution in [0.15, 0.2) is 84.0 Å². The number of methoxy groups -OCH3 is 1. The molecule has 5 rings (SSSR count). The third-order valence-corrected chi connectivity index (χ3v) is 7.00. The number of amides is 1. The van der Waals surface area contributed by atoms with Crippen LogP contribution < -0.4 is 15.5 Å². The molecule has 172 valence electrons. The predicted molar refractivity (Wildman–Crippen MR) is 133 cm³/mol. The monoisotopic (exact) mass is 471 g/mol. The molecular weight excluding hydrogens is 446 g/mol. The fraction of sp³-hybridized carbons (Fsp3) is 0.192. The van der Waals surface area contributed by atoms with Gasteiger partial charge in [0.1, 0.15) is 11.0 Å². The van der Waals surface area contributed by atoms with Crippen molar-refractivity contribution in [3.8, 4) is 17.1 Å². The van der Waals surface area contributed by atoms with E-state index in [1.165, 1.54) is 17.3 Å². The van der Waals surface area contributed by atoms with Crippen LogP contribution in [0.2, 0.25) is 0 Å². The van der Waals surface area contributed by atoms with E-state index in [-0.39, 0.29) is 11.9 Å². The van der Waals surface area contributed by atoms with E-state index in [4.69, 9.17) is 4.74 Å². The van der Waals surface area contributed by atoms with E-state index in [9.17, 15) is 4.79 Å². The number of aryl methyl sites for hydroxylation is 1. The second kappa shape index (κ2) is 9.61. The molecule has 0 fully saturated rings. The van der Waals surface area contributed by atoms with Gasteiger partial charge < -0.3 is 15.5 Å². The molecule has 7 nitrogen and oxygen atoms in total. The number of thioether (sulfide) groups is 1. The minimum Gasteiger partial charge on any atom is -0.497 e. The van der Waals surface area contributed by atoms with E-state index in [0.717, 1.165) is 22.4 Å². The molecule has 0 bridgehead atoms. The van der Waals surface area contributed by atoms with Crippen molar-refractivity contribution in [2.24, 2.45) is 0 Å². The third-order valence-electron chi connectivity index (χ3n) is 5.79. The molecule has 3 aromatic carbocycles. The summed E-state index contributed by atoms with van der Waals surface area (Å²) in [5, 5.41) is 12.1. The van der Waals surface area contributed by atoms with Gasteiger partial charge >= 0.3 is 0 Å². The summed E-state index contributed by atoms with van der Waals surface area (Å²) in [4.78, 5) is 13.4. The Bertz CT molecular complexity index is 1270. The maximum absolute atomic E-state index is 13.4. The molecule has 2 heterocycles. The minimum atomic E-state index is -0.431. The van der Waals surface area contributed by atoms with Crippen molar-refractivity contribution in [3.05, 3.63) is 95.6 Å². The molecule has 1 amide bonds. The summed E-state index contributed by atoms with van der Waals surface area (Å²) in [6.45, 7) is 2.51. The Balaban J connectivity index is 1.44. The molecule has 2 N–H and O–H groups in total. The van der Waals surface area contributed by atoms with E-state index >= 15 is 0 Å². The SMILES string of the molecule is COc1ccc(C2Nn3c(nnc3-c3ccccc3)SC2C(=O)NCc2ccc(C)cc2)cc1. The average Bonchev–Trinajstić information content (AvgIpc) is 3.31. The normalized spacial score (nSPS) is 16.9. The summed E-state index contributed by atoms with van der Waals surface area (Å²) in [6, 6.07) is 25.5. The lowest BCUT2D eigenvalue weighted by atomic mass is 10.0. The van der Waals surface area contributed by atoms with Crippen LogP contribution >= 0.6 is 11.8 Å². The van der Waals surface area contributed by atoms with Crippen LogP contribution in [0.25, 0.3) is 11.4 Å². The van der Waals surface area contributed by atoms with Crippen LogP contribution in [0.4, 0.5) is 0 Å². The highest BCUT2D eigenvalue weighted by molar-refractivity contribution is 8.00. The van der Waals surface area contributed by atoms with Crippen molar-refractivity contribution in [3.63, 3.8) is 0 Å². The molecule has 34 heavy (non-hydrogen) atoms. The van der Waals surface area contributed by atoms with Crippen molar-refractivity contribution in [2.75, 3.05) is 12.5 Å². The topological polar surface area (TPSA) is 81.1 Å². The van der Waals surface area contributed by atoms with Crippen LogP contribution in [-0.2, 0) is 11.3 Å². The van der Waals surface area contributed by atoms with Gasteiger partial charge in [-0.1, -0.05) is 84.1 Å². The van der Waals surface area contributed by atoms with Crippen LogP contribution in [0.3, 0.4) is 0 Å². The van der Waals surface area contributed by atoms with Gasteiger partial charge in [0.05, 0.1) is 13.2 Å². The summed E-state index contributed by atoms with van der Waals surface area (Å²) in [6.07, 6.45) is 0. The van der Waals surface area contributed by atoms with Gasteiger partial charge in [0.25, 0.3) is 0 Å². The molecule has 1 aliphatic heterocycles. The zero-order chi connectivity index (χ0) is 23.5. The van der Waals surface area contributed by atoms with E-state index in [2.05, 4.69) is 20.9 Å². The second-order valence-corrected chi connectivity index (χ2v) is 9.24. The van der Waals surface area contributed by atoms with E-state index < -0.39 is 5.25 Å². The standard InChI is InChI=1S/C26H25N5O2S/c1-17-8-10-18(11-9-17)16-27-25(32)23-22(19-12-14-21(33-2)15-13-19)30-31-24(28-29-26(31)34-23)20-6-4-3-5-7-20/h3-15,22-23,30H,16H2,1-2H3,(H,27,32). The third kappa shape index (κ3) is 4.49. The van der Waals surface area contributed by atoms with Gasteiger partial charge in [0, 0.05) is 12.1 Å². The Labute approximate surface area is 202 Å². The lowest BCUT2D eigenvalue weighted by molar-refractivity contribution is -0.121. The summed E-state index contributed by atoms with van der Waals surface area (Å²) in [5.74, 6) is 1.41. The van der Waals surface area contributed by atoms with Gasteiger partial charge in [-0.2, -0.15) is 0 Å². The number of nitrogens with one attached hydrogen (secondary N) is 2. The summed E-state index contributed by atoms with van der Waals surface area (Å²) in [7, 11) is 1.64. The van der Waals surface area contributed by atoms with Gasteiger partial charge in [-0.3, -0.25) is 4.79 Å². The number of fused-ring (bicyclic) bond motifs is 1. The average molecular weight is 472 g/mol. The maximum Gasteiger partial charge on any atom is 0.236 e. The van der Waals surface area contributed by atoms with Gasteiger partial charge in [-0.15, -0.1) is 10.2 Å². The fourth-order valence-corrected chi connectivity index (χ4v) is 4.99. The zero-order valence-corrected chi connectivity index (χ0v) is 19.8. The van der Waals surface area contributed by atoms with Crippen LogP contribution in [0.1, 0.15) is 22.7 Å². The van der Waals surface area contributed by atoms with Crippen molar-refractivity contribution in [1.29, 1.82) is 0 Å². The summed E-state index contributed by atoms with van der Waals surface area (Å²) in [5.41, 5.74) is 7.68. The van der Waals surface area contributed by atoms with Crippen LogP contribution in [-0.4, -0.2) is 33.1 Å². The largest absolute Gasteiger partial charge is 0.497 e. The molecule has 0 aliphatic carbocycles. The molecule has 1 aromatic heterocycles. The van der Waals surface area contributed by atoms with Gasteiger partial charge in [0.2, 0.25) is 11.1 Å². The van der Waals surface area contributed by atoms with Crippen LogP contribution in [0.5, 0.6) is 5.75 Å². The van der Waals surface area contributed by atoms with Crippen LogP contribution in [0, 0.1) is 6.92 Å². The Morgan fingerprint density at radius 3 is 2.47 bits per heavy atom. The Hall–Kier alpha value is -3.78. The summed E-state index contributed by atoms with van der Waals surface area (Å²) < 4.78 is 7.19. The van der Waals surface area contributed by atoms with Gasteiger partial charge in [0.15, 0.2) is 5.82 Å². The highest BCUT2D eigenvalue weighted by Crippen LogP contribution is 2.38. The molecule has 4 aromatic rings. The number of hydrogen-bond acceptors (Lipinski definition) is 6. The number of benzene rings is 3. The maximum atomic E-state index is 13.4. The quantitative estimate of drug-likeness (QED) is 0.436. The number of carbonyl (C=O) groups is 1. The number of carbonyl (C=O) groups excluding carboxylic acids is 1. The highest BCUT2D eigenvalue weighted by Gasteiger charge is 2.38. The molecule has 8 heteroatoms. The molecule has 0 saturated carbocycles. The Morgan fingerprint density at radius 2 is 1.76 bits per heavy atom. The molecule has 0 spiro atoms. The first kappa shape index (κ1) is 22.0. The van der Waals surface area contributed by atoms with Crippen molar-refractivity contribution in [1.82, 2.24) is 20.2 Å². The fourth-order valence-electron chi connectivity index (χ4n) is 3.89. The molecule has 2 unspecified atom stereocenters. The summed E-state index contributed by atoms with van der Waals surface area (Å²) >= 11 is 1.41. The zero-order valence-electron chi connectivity index (χ0n) is 18.9. The number of nitrogens with zero attached hydrogens (tertiary/aromatic N) is 3. The Kier molecular flexibility index (Phi) is 6.22. The predicted octanol–water partition coefficient (Wildman–Crippen LogP) is 4.34. The molecule has 0 radical (unpaired) electrons. The van der Waals surface area contributed by atoms with Crippen molar-refractivity contribution < 1.29 is 9.53 Å². The molecule has 2 atom stereocenters. The lowest BCUT2D eigenvalue weighted by Gasteiger charge is -2.33. The minimum absolute atomic E-state index is 0.0607. The van der Waals surface area contributed by atoms with Gasteiger partial charge in [-0.05, 0) is 30.2 Å². The first-order valence-electron chi connectivity index (χ1n) is 11.0. The smallest absolute Gasteiger partial charge is 0.236 e. The van der Waals surface area contributed by atoms with E-state index in [0.29, 0.717) is 17.5 Å². The highest BCUT2D eigenvalue weighted by atomic mass is 32.2. The van der Waals surface area contributed by atoms with Crippen molar-refractivity contribution >= 4 is 17.7 Å². The number of hydrogen-bond donors (Lipinski definition) is 2. The number of aromatic nitrogens is 3. The first-order chi connectivity index (χ1) is 16.6.